The van der Waals surface area contributed by atoms with E-state index in [0.717, 1.165) is 0 Å². The minimum atomic E-state index is -1.05. The van der Waals surface area contributed by atoms with Crippen molar-refractivity contribution < 1.29 is 29.4 Å². The standard InChI is InChI=1S/2C4H7NO3.ClH/c2*5-3(2-6)1-4(7)8;/h2*2-3H,1,5H2,(H,7,8);1H. The van der Waals surface area contributed by atoms with Gasteiger partial charge in [-0.3, -0.25) is 9.59 Å². The van der Waals surface area contributed by atoms with E-state index in [1.807, 2.05) is 0 Å². The number of carboxylic acid groups (broad SMARTS) is 2. The molecule has 0 heterocycles. The molecule has 0 aromatic heterocycles. The van der Waals surface area contributed by atoms with Crippen LogP contribution in [0.25, 0.3) is 0 Å². The Morgan fingerprint density at radius 3 is 1.24 bits per heavy atom. The molecular weight excluding hydrogens is 256 g/mol. The summed E-state index contributed by atoms with van der Waals surface area (Å²) in [5.74, 6) is -2.10. The Kier molecular flexibility index (Phi) is 15.4. The molecule has 2 unspecified atom stereocenters. The summed E-state index contributed by atoms with van der Waals surface area (Å²) in [6.07, 6.45) is 0.245. The summed E-state index contributed by atoms with van der Waals surface area (Å²) in [7, 11) is 0. The second-order valence-electron chi connectivity index (χ2n) is 2.80. The van der Waals surface area contributed by atoms with Crippen molar-refractivity contribution in [2.75, 3.05) is 0 Å². The van der Waals surface area contributed by atoms with Gasteiger partial charge in [-0.1, -0.05) is 0 Å². The van der Waals surface area contributed by atoms with Crippen LogP contribution in [0.4, 0.5) is 0 Å². The predicted octanol–water partition coefficient (Wildman–Crippen LogP) is -1.60. The van der Waals surface area contributed by atoms with E-state index in [1.54, 1.807) is 0 Å². The number of carboxylic acids is 2. The van der Waals surface area contributed by atoms with Crippen LogP contribution < -0.4 is 11.5 Å². The van der Waals surface area contributed by atoms with E-state index in [-0.39, 0.29) is 25.2 Å². The fourth-order valence-corrected chi connectivity index (χ4v) is 0.499. The molecule has 0 bridgehead atoms. The maximum absolute atomic E-state index is 9.73. The normalized spacial score (nSPS) is 11.9. The lowest BCUT2D eigenvalue weighted by atomic mass is 10.2. The van der Waals surface area contributed by atoms with Crippen molar-refractivity contribution in [1.29, 1.82) is 0 Å². The van der Waals surface area contributed by atoms with E-state index in [4.69, 9.17) is 21.7 Å². The van der Waals surface area contributed by atoms with E-state index in [9.17, 15) is 19.2 Å². The van der Waals surface area contributed by atoms with Crippen molar-refractivity contribution in [1.82, 2.24) is 0 Å². The Morgan fingerprint density at radius 1 is 0.941 bits per heavy atom. The lowest BCUT2D eigenvalue weighted by Crippen LogP contribution is -2.24. The number of aldehydes is 2. The lowest BCUT2D eigenvalue weighted by Gasteiger charge is -1.94. The fraction of sp³-hybridized carbons (Fsp3) is 0.500. The quantitative estimate of drug-likeness (QED) is 0.419. The summed E-state index contributed by atoms with van der Waals surface area (Å²) in [5, 5.41) is 16.0. The molecule has 0 rings (SSSR count). The van der Waals surface area contributed by atoms with Gasteiger partial charge in [-0.05, 0) is 0 Å². The van der Waals surface area contributed by atoms with Crippen LogP contribution in [0.5, 0.6) is 0 Å². The molecule has 8 nitrogen and oxygen atoms in total. The first kappa shape index (κ1) is 20.8. The van der Waals surface area contributed by atoms with Gasteiger partial charge in [0.15, 0.2) is 0 Å². The van der Waals surface area contributed by atoms with E-state index in [2.05, 4.69) is 0 Å². The molecule has 0 amide bonds. The van der Waals surface area contributed by atoms with Crippen molar-refractivity contribution in [2.24, 2.45) is 11.5 Å². The SMILES string of the molecule is Cl.NC(C=O)CC(=O)O.NC(C=O)CC(=O)O. The highest BCUT2D eigenvalue weighted by Gasteiger charge is 2.04. The van der Waals surface area contributed by atoms with Crippen LogP contribution in [0.3, 0.4) is 0 Å². The third-order valence-corrected chi connectivity index (χ3v) is 1.17. The highest BCUT2D eigenvalue weighted by Crippen LogP contribution is 1.81. The molecule has 2 atom stereocenters. The van der Waals surface area contributed by atoms with E-state index >= 15 is 0 Å². The van der Waals surface area contributed by atoms with E-state index < -0.39 is 24.0 Å². The molecule has 0 radical (unpaired) electrons. The third kappa shape index (κ3) is 20.5. The summed E-state index contributed by atoms with van der Waals surface area (Å²) >= 11 is 0. The number of halogens is 1. The molecule has 0 aromatic rings. The zero-order valence-electron chi connectivity index (χ0n) is 8.81. The molecular formula is C8H15ClN2O6. The second-order valence-corrected chi connectivity index (χ2v) is 2.80. The first-order valence-corrected chi connectivity index (χ1v) is 4.18. The largest absolute Gasteiger partial charge is 0.481 e. The van der Waals surface area contributed by atoms with Crippen molar-refractivity contribution >= 4 is 36.9 Å². The summed E-state index contributed by atoms with van der Waals surface area (Å²) < 4.78 is 0. The number of carbonyl (C=O) groups excluding carboxylic acids is 2. The van der Waals surface area contributed by atoms with Crippen LogP contribution in [0.1, 0.15) is 12.8 Å². The molecule has 0 aliphatic carbocycles. The van der Waals surface area contributed by atoms with Crippen molar-refractivity contribution in [2.45, 2.75) is 24.9 Å². The minimum absolute atomic E-state index is 0. The predicted molar refractivity (Wildman–Crippen MR) is 59.8 cm³/mol. The summed E-state index contributed by atoms with van der Waals surface area (Å²) in [5.41, 5.74) is 9.85. The topological polar surface area (TPSA) is 161 Å². The molecule has 0 saturated heterocycles. The molecule has 100 valence electrons. The summed E-state index contributed by atoms with van der Waals surface area (Å²) in [6, 6.07) is -1.71. The van der Waals surface area contributed by atoms with Crippen molar-refractivity contribution in [3.05, 3.63) is 0 Å². The molecule has 0 aliphatic heterocycles. The molecule has 0 fully saturated rings. The van der Waals surface area contributed by atoms with Gasteiger partial charge in [0.1, 0.15) is 12.6 Å². The monoisotopic (exact) mass is 270 g/mol. The number of carbonyl (C=O) groups is 4. The van der Waals surface area contributed by atoms with Gasteiger partial charge in [0, 0.05) is 0 Å². The van der Waals surface area contributed by atoms with E-state index in [1.165, 1.54) is 0 Å². The van der Waals surface area contributed by atoms with Gasteiger partial charge in [0.25, 0.3) is 0 Å². The summed E-state index contributed by atoms with van der Waals surface area (Å²) in [4.78, 5) is 38.8. The van der Waals surface area contributed by atoms with Gasteiger partial charge in [-0.2, -0.15) is 0 Å². The number of hydrogen-bond donors (Lipinski definition) is 4. The highest BCUT2D eigenvalue weighted by atomic mass is 35.5. The number of nitrogens with two attached hydrogens (primary N) is 2. The number of hydrogen-bond acceptors (Lipinski definition) is 6. The lowest BCUT2D eigenvalue weighted by molar-refractivity contribution is -0.138. The molecule has 0 saturated carbocycles. The van der Waals surface area contributed by atoms with Crippen LogP contribution in [0.15, 0.2) is 0 Å². The van der Waals surface area contributed by atoms with Crippen molar-refractivity contribution in [3.8, 4) is 0 Å². The molecule has 0 aliphatic rings. The van der Waals surface area contributed by atoms with Crippen LogP contribution in [0, 0.1) is 0 Å². The first-order valence-electron chi connectivity index (χ1n) is 4.18. The van der Waals surface area contributed by atoms with Crippen LogP contribution in [-0.2, 0) is 19.2 Å². The van der Waals surface area contributed by atoms with Gasteiger partial charge in [-0.25, -0.2) is 0 Å². The Labute approximate surface area is 103 Å². The van der Waals surface area contributed by atoms with Gasteiger partial charge in [0.05, 0.1) is 24.9 Å². The third-order valence-electron chi connectivity index (χ3n) is 1.17. The molecule has 0 aromatic carbocycles. The maximum Gasteiger partial charge on any atom is 0.305 e. The Morgan fingerprint density at radius 2 is 1.18 bits per heavy atom. The Hall–Kier alpha value is -1.51. The Balaban J connectivity index is -0.000000218. The smallest absolute Gasteiger partial charge is 0.305 e. The molecule has 17 heavy (non-hydrogen) atoms. The zero-order valence-corrected chi connectivity index (χ0v) is 9.63. The summed E-state index contributed by atoms with van der Waals surface area (Å²) in [6.45, 7) is 0. The fourth-order valence-electron chi connectivity index (χ4n) is 0.499. The minimum Gasteiger partial charge on any atom is -0.481 e. The molecule has 9 heteroatoms. The van der Waals surface area contributed by atoms with E-state index in [0.29, 0.717) is 12.6 Å². The van der Waals surface area contributed by atoms with Crippen LogP contribution >= 0.6 is 12.4 Å². The molecule has 6 N–H and O–H groups in total. The first-order chi connectivity index (χ1) is 7.33. The maximum atomic E-state index is 9.73. The average molecular weight is 271 g/mol. The second kappa shape index (κ2) is 12.6. The highest BCUT2D eigenvalue weighted by molar-refractivity contribution is 5.85. The van der Waals surface area contributed by atoms with Crippen LogP contribution in [0.2, 0.25) is 0 Å². The van der Waals surface area contributed by atoms with Gasteiger partial charge in [0.2, 0.25) is 0 Å². The Bertz CT molecular complexity index is 234. The average Bonchev–Trinajstić information content (AvgIpc) is 2.16. The van der Waals surface area contributed by atoms with Gasteiger partial charge >= 0.3 is 11.9 Å². The van der Waals surface area contributed by atoms with Crippen molar-refractivity contribution in [3.63, 3.8) is 0 Å². The van der Waals surface area contributed by atoms with Crippen LogP contribution in [-0.4, -0.2) is 46.8 Å². The zero-order chi connectivity index (χ0) is 13.1. The van der Waals surface area contributed by atoms with Gasteiger partial charge in [-0.15, -0.1) is 12.4 Å². The number of rotatable bonds is 6. The number of aliphatic carboxylic acids is 2. The van der Waals surface area contributed by atoms with Gasteiger partial charge < -0.3 is 31.3 Å². The molecule has 0 spiro atoms.